The molecule has 0 saturated heterocycles. The van der Waals surface area contributed by atoms with Gasteiger partial charge in [-0.1, -0.05) is 12.1 Å². The zero-order valence-electron chi connectivity index (χ0n) is 16.8. The summed E-state index contributed by atoms with van der Waals surface area (Å²) in [6, 6.07) is 16.0. The van der Waals surface area contributed by atoms with Crippen molar-refractivity contribution in [3.05, 3.63) is 48.0 Å². The highest BCUT2D eigenvalue weighted by Gasteiger charge is 2.35. The summed E-state index contributed by atoms with van der Waals surface area (Å²) < 4.78 is 34.8. The lowest BCUT2D eigenvalue weighted by atomic mass is 9.92. The maximum atomic E-state index is 12.2. The van der Waals surface area contributed by atoms with Crippen molar-refractivity contribution in [2.24, 2.45) is 0 Å². The molecular weight excluding hydrogens is 398 g/mol. The molecule has 0 aliphatic heterocycles. The lowest BCUT2D eigenvalue weighted by Gasteiger charge is -2.30. The minimum Gasteiger partial charge on any atom is -0.497 e. The first-order valence-electron chi connectivity index (χ1n) is 10.3. The molecule has 6 nitrogen and oxygen atoms in total. The van der Waals surface area contributed by atoms with E-state index in [2.05, 4.69) is 15.4 Å². The van der Waals surface area contributed by atoms with Gasteiger partial charge in [0, 0.05) is 17.1 Å². The van der Waals surface area contributed by atoms with Gasteiger partial charge in [-0.05, 0) is 68.0 Å². The van der Waals surface area contributed by atoms with Crippen LogP contribution in [0, 0.1) is 11.3 Å². The van der Waals surface area contributed by atoms with Crippen LogP contribution in [-0.2, 0) is 10.0 Å². The second kappa shape index (κ2) is 7.06. The Balaban J connectivity index is 1.61. The van der Waals surface area contributed by atoms with Gasteiger partial charge in [0.1, 0.15) is 11.8 Å². The van der Waals surface area contributed by atoms with Crippen molar-refractivity contribution in [2.75, 3.05) is 11.8 Å². The SMILES string of the molecule is COc1ccc2c(c1)c(C#N)c(-c1ccc(NS(=O)(=O)C3CC3)cc1)n2C1CCC1. The third-order valence-electron chi connectivity index (χ3n) is 6.14. The summed E-state index contributed by atoms with van der Waals surface area (Å²) in [5.74, 6) is 0.723. The second-order valence-electron chi connectivity index (χ2n) is 8.10. The summed E-state index contributed by atoms with van der Waals surface area (Å²) in [5, 5.41) is 10.6. The third-order valence-corrected chi connectivity index (χ3v) is 8.01. The Kier molecular flexibility index (Phi) is 4.48. The van der Waals surface area contributed by atoms with Crippen LogP contribution in [0.25, 0.3) is 22.2 Å². The number of fused-ring (bicyclic) bond motifs is 1. The van der Waals surface area contributed by atoms with Gasteiger partial charge in [-0.2, -0.15) is 5.26 Å². The van der Waals surface area contributed by atoms with Gasteiger partial charge in [-0.15, -0.1) is 0 Å². The highest BCUT2D eigenvalue weighted by molar-refractivity contribution is 7.93. The standard InChI is InChI=1S/C23H23N3O3S/c1-29-18-9-12-22-20(13-18)21(14-24)23(26(22)17-3-2-4-17)15-5-7-16(8-6-15)25-30(27,28)19-10-11-19/h5-9,12-13,17,19,25H,2-4,10-11H2,1H3. The molecule has 2 aliphatic carbocycles. The number of aromatic nitrogens is 1. The summed E-state index contributed by atoms with van der Waals surface area (Å²) in [6.07, 6.45) is 4.82. The molecule has 0 unspecified atom stereocenters. The van der Waals surface area contributed by atoms with Gasteiger partial charge in [0.15, 0.2) is 0 Å². The predicted octanol–water partition coefficient (Wildman–Crippen LogP) is 4.82. The van der Waals surface area contributed by atoms with E-state index in [0.29, 0.717) is 17.3 Å². The monoisotopic (exact) mass is 421 g/mol. The summed E-state index contributed by atoms with van der Waals surface area (Å²) in [6.45, 7) is 0. The molecule has 2 aliphatic rings. The number of methoxy groups -OCH3 is 1. The largest absolute Gasteiger partial charge is 0.497 e. The number of hydrogen-bond acceptors (Lipinski definition) is 4. The topological polar surface area (TPSA) is 84.1 Å². The maximum absolute atomic E-state index is 12.2. The molecule has 2 aromatic carbocycles. The van der Waals surface area contributed by atoms with Crippen LogP contribution >= 0.6 is 0 Å². The Hall–Kier alpha value is -2.98. The number of ether oxygens (including phenoxy) is 1. The Bertz CT molecular complexity index is 1260. The first-order valence-corrected chi connectivity index (χ1v) is 11.8. The molecule has 2 fully saturated rings. The van der Waals surface area contributed by atoms with Crippen LogP contribution in [0.5, 0.6) is 5.75 Å². The molecular formula is C23H23N3O3S. The Labute approximate surface area is 176 Å². The van der Waals surface area contributed by atoms with E-state index >= 15 is 0 Å². The number of sulfonamides is 1. The van der Waals surface area contributed by atoms with Crippen LogP contribution < -0.4 is 9.46 Å². The molecule has 0 radical (unpaired) electrons. The molecule has 3 aromatic rings. The van der Waals surface area contributed by atoms with Gasteiger partial charge in [0.2, 0.25) is 10.0 Å². The number of hydrogen-bond donors (Lipinski definition) is 1. The highest BCUT2D eigenvalue weighted by Crippen LogP contribution is 2.43. The third kappa shape index (κ3) is 3.12. The first-order chi connectivity index (χ1) is 14.5. The molecule has 5 rings (SSSR count). The number of nitrogens with one attached hydrogen (secondary N) is 1. The van der Waals surface area contributed by atoms with E-state index in [1.165, 1.54) is 6.42 Å². The van der Waals surface area contributed by atoms with Crippen molar-refractivity contribution >= 4 is 26.6 Å². The Morgan fingerprint density at radius 1 is 1.10 bits per heavy atom. The fourth-order valence-electron chi connectivity index (χ4n) is 4.16. The van der Waals surface area contributed by atoms with E-state index in [4.69, 9.17) is 4.74 Å². The van der Waals surface area contributed by atoms with Crippen LogP contribution in [-0.4, -0.2) is 25.3 Å². The summed E-state index contributed by atoms with van der Waals surface area (Å²) >= 11 is 0. The zero-order valence-corrected chi connectivity index (χ0v) is 17.6. The lowest BCUT2D eigenvalue weighted by Crippen LogP contribution is -2.18. The molecule has 2 saturated carbocycles. The van der Waals surface area contributed by atoms with Crippen LogP contribution in [0.4, 0.5) is 5.69 Å². The number of benzene rings is 2. The van der Waals surface area contributed by atoms with Crippen molar-refractivity contribution in [2.45, 2.75) is 43.4 Å². The average Bonchev–Trinajstić information content (AvgIpc) is 3.52. The summed E-state index contributed by atoms with van der Waals surface area (Å²) in [5.41, 5.74) is 4.01. The predicted molar refractivity (Wildman–Crippen MR) is 117 cm³/mol. The zero-order chi connectivity index (χ0) is 20.9. The number of nitriles is 1. The van der Waals surface area contributed by atoms with E-state index in [0.717, 1.165) is 53.6 Å². The van der Waals surface area contributed by atoms with E-state index in [1.807, 2.05) is 30.3 Å². The van der Waals surface area contributed by atoms with Gasteiger partial charge < -0.3 is 9.30 Å². The number of nitrogens with zero attached hydrogens (tertiary/aromatic N) is 2. The first kappa shape index (κ1) is 19.0. The van der Waals surface area contributed by atoms with E-state index in [9.17, 15) is 13.7 Å². The molecule has 0 atom stereocenters. The van der Waals surface area contributed by atoms with Gasteiger partial charge in [0.05, 0.1) is 29.1 Å². The molecule has 0 bridgehead atoms. The van der Waals surface area contributed by atoms with Crippen molar-refractivity contribution in [1.82, 2.24) is 4.57 Å². The van der Waals surface area contributed by atoms with Crippen molar-refractivity contribution in [1.29, 1.82) is 5.26 Å². The lowest BCUT2D eigenvalue weighted by molar-refractivity contribution is 0.324. The smallest absolute Gasteiger partial charge is 0.235 e. The number of rotatable bonds is 6. The van der Waals surface area contributed by atoms with Crippen LogP contribution in [0.2, 0.25) is 0 Å². The van der Waals surface area contributed by atoms with Crippen molar-refractivity contribution in [3.8, 4) is 23.1 Å². The van der Waals surface area contributed by atoms with Gasteiger partial charge in [-0.25, -0.2) is 8.42 Å². The Morgan fingerprint density at radius 3 is 2.40 bits per heavy atom. The average molecular weight is 422 g/mol. The quantitative estimate of drug-likeness (QED) is 0.619. The molecule has 1 aromatic heterocycles. The van der Waals surface area contributed by atoms with Crippen LogP contribution in [0.15, 0.2) is 42.5 Å². The highest BCUT2D eigenvalue weighted by atomic mass is 32.2. The molecule has 1 N–H and O–H groups in total. The fourth-order valence-corrected chi connectivity index (χ4v) is 5.55. The fraction of sp³-hybridized carbons (Fsp3) is 0.348. The minimum absolute atomic E-state index is 0.265. The van der Waals surface area contributed by atoms with Crippen molar-refractivity contribution < 1.29 is 13.2 Å². The van der Waals surface area contributed by atoms with Crippen LogP contribution in [0.3, 0.4) is 0 Å². The van der Waals surface area contributed by atoms with Crippen LogP contribution in [0.1, 0.15) is 43.7 Å². The van der Waals surface area contributed by atoms with E-state index < -0.39 is 10.0 Å². The molecule has 0 amide bonds. The normalized spacial score (nSPS) is 16.8. The van der Waals surface area contributed by atoms with Gasteiger partial charge in [-0.3, -0.25) is 4.72 Å². The molecule has 0 spiro atoms. The molecule has 1 heterocycles. The van der Waals surface area contributed by atoms with E-state index in [-0.39, 0.29) is 5.25 Å². The number of anilines is 1. The minimum atomic E-state index is -3.30. The van der Waals surface area contributed by atoms with E-state index in [1.54, 1.807) is 19.2 Å². The molecule has 30 heavy (non-hydrogen) atoms. The summed E-state index contributed by atoms with van der Waals surface area (Å²) in [7, 11) is -1.67. The molecule has 7 heteroatoms. The van der Waals surface area contributed by atoms with Gasteiger partial charge in [0.25, 0.3) is 0 Å². The Morgan fingerprint density at radius 2 is 1.83 bits per heavy atom. The maximum Gasteiger partial charge on any atom is 0.235 e. The molecule has 154 valence electrons. The summed E-state index contributed by atoms with van der Waals surface area (Å²) in [4.78, 5) is 0. The van der Waals surface area contributed by atoms with Gasteiger partial charge >= 0.3 is 0 Å². The van der Waals surface area contributed by atoms with Crippen molar-refractivity contribution in [3.63, 3.8) is 0 Å². The second-order valence-corrected chi connectivity index (χ2v) is 10.1.